The predicted octanol–water partition coefficient (Wildman–Crippen LogP) is 2.56. The fraction of sp³-hybridized carbons (Fsp3) is 0.333. The summed E-state index contributed by atoms with van der Waals surface area (Å²) in [5.41, 5.74) is 0.0464. The van der Waals surface area contributed by atoms with E-state index in [1.807, 2.05) is 0 Å². The van der Waals surface area contributed by atoms with E-state index in [1.165, 1.54) is 6.92 Å². The number of thiophene rings is 1. The van der Waals surface area contributed by atoms with Crippen LogP contribution in [-0.4, -0.2) is 23.2 Å². The van der Waals surface area contributed by atoms with E-state index in [2.05, 4.69) is 0 Å². The molecule has 0 saturated carbocycles. The van der Waals surface area contributed by atoms with E-state index in [-0.39, 0.29) is 10.6 Å². The second kappa shape index (κ2) is 4.36. The summed E-state index contributed by atoms with van der Waals surface area (Å²) in [5.74, 6) is -3.55. The second-order valence-electron chi connectivity index (χ2n) is 3.24. The Morgan fingerprint density at radius 2 is 1.82 bits per heavy atom. The Hall–Kier alpha value is -1.57. The maximum atomic E-state index is 12.0. The first-order chi connectivity index (χ1) is 7.64. The van der Waals surface area contributed by atoms with Crippen LogP contribution in [0, 0.1) is 13.8 Å². The number of aryl methyl sites for hydroxylation is 1. The van der Waals surface area contributed by atoms with Gasteiger partial charge < -0.3 is 10.4 Å². The summed E-state index contributed by atoms with van der Waals surface area (Å²) in [4.78, 5) is 22.1. The zero-order chi connectivity index (χ0) is 13.4. The van der Waals surface area contributed by atoms with E-state index in [9.17, 15) is 22.8 Å². The Morgan fingerprint density at radius 1 is 1.29 bits per heavy atom. The van der Waals surface area contributed by atoms with Crippen molar-refractivity contribution in [2.75, 3.05) is 5.32 Å². The quantitative estimate of drug-likeness (QED) is 0.865. The van der Waals surface area contributed by atoms with Crippen molar-refractivity contribution >= 4 is 28.2 Å². The lowest BCUT2D eigenvalue weighted by Crippen LogP contribution is -2.30. The number of halogens is 3. The van der Waals surface area contributed by atoms with Gasteiger partial charge in [0.2, 0.25) is 0 Å². The van der Waals surface area contributed by atoms with Crippen molar-refractivity contribution in [3.05, 3.63) is 16.0 Å². The highest BCUT2D eigenvalue weighted by Gasteiger charge is 2.39. The van der Waals surface area contributed by atoms with E-state index in [4.69, 9.17) is 5.11 Å². The van der Waals surface area contributed by atoms with Gasteiger partial charge in [0, 0.05) is 4.88 Å². The third-order valence-corrected chi connectivity index (χ3v) is 3.21. The number of carbonyl (C=O) groups excluding carboxylic acids is 1. The number of amides is 1. The van der Waals surface area contributed by atoms with Crippen molar-refractivity contribution < 1.29 is 27.9 Å². The van der Waals surface area contributed by atoms with Crippen LogP contribution >= 0.6 is 11.3 Å². The maximum absolute atomic E-state index is 12.0. The summed E-state index contributed by atoms with van der Waals surface area (Å²) in [6.07, 6.45) is -5.04. The van der Waals surface area contributed by atoms with E-state index in [1.54, 1.807) is 12.2 Å². The molecular weight excluding hydrogens is 259 g/mol. The fourth-order valence-corrected chi connectivity index (χ4v) is 2.19. The molecule has 1 amide bonds. The largest absolute Gasteiger partial charge is 0.478 e. The Balaban J connectivity index is 3.12. The minimum atomic E-state index is -5.04. The number of alkyl halides is 3. The summed E-state index contributed by atoms with van der Waals surface area (Å²) < 4.78 is 36.1. The molecule has 0 spiro atoms. The Morgan fingerprint density at radius 3 is 2.24 bits per heavy atom. The molecule has 0 radical (unpaired) electrons. The van der Waals surface area contributed by atoms with E-state index >= 15 is 0 Å². The van der Waals surface area contributed by atoms with Crippen LogP contribution in [0.25, 0.3) is 0 Å². The lowest BCUT2D eigenvalue weighted by Gasteiger charge is -2.06. The van der Waals surface area contributed by atoms with E-state index in [0.29, 0.717) is 10.4 Å². The molecule has 0 unspecified atom stereocenters. The number of nitrogens with one attached hydrogen (secondary N) is 1. The molecule has 0 fully saturated rings. The molecule has 1 aromatic heterocycles. The Bertz CT molecular complexity index is 479. The van der Waals surface area contributed by atoms with Crippen molar-refractivity contribution in [2.24, 2.45) is 0 Å². The average molecular weight is 267 g/mol. The highest BCUT2D eigenvalue weighted by molar-refractivity contribution is 7.16. The van der Waals surface area contributed by atoms with E-state index in [0.717, 1.165) is 11.3 Å². The van der Waals surface area contributed by atoms with Gasteiger partial charge >= 0.3 is 18.1 Å². The lowest BCUT2D eigenvalue weighted by molar-refractivity contribution is -0.167. The van der Waals surface area contributed by atoms with Crippen molar-refractivity contribution in [1.82, 2.24) is 0 Å². The number of carbonyl (C=O) groups is 2. The van der Waals surface area contributed by atoms with Gasteiger partial charge in [0.15, 0.2) is 0 Å². The number of rotatable bonds is 2. The van der Waals surface area contributed by atoms with Crippen LogP contribution in [0.2, 0.25) is 0 Å². The maximum Gasteiger partial charge on any atom is 0.471 e. The Kier molecular flexibility index (Phi) is 3.46. The van der Waals surface area contributed by atoms with Crippen LogP contribution < -0.4 is 5.32 Å². The third-order valence-electron chi connectivity index (χ3n) is 2.08. The number of hydrogen-bond acceptors (Lipinski definition) is 3. The van der Waals surface area contributed by atoms with Crippen molar-refractivity contribution in [2.45, 2.75) is 20.0 Å². The Labute approximate surface area is 98.1 Å². The predicted molar refractivity (Wildman–Crippen MR) is 55.4 cm³/mol. The molecule has 0 bridgehead atoms. The van der Waals surface area contributed by atoms with Gasteiger partial charge in [-0.15, -0.1) is 11.3 Å². The highest BCUT2D eigenvalue weighted by atomic mass is 32.1. The molecule has 1 aromatic rings. The summed E-state index contributed by atoms with van der Waals surface area (Å²) in [5, 5.41) is 10.1. The van der Waals surface area contributed by atoms with Crippen LogP contribution in [0.15, 0.2) is 0 Å². The molecule has 17 heavy (non-hydrogen) atoms. The molecule has 0 aliphatic carbocycles. The summed E-state index contributed by atoms with van der Waals surface area (Å²) >= 11 is 0.801. The van der Waals surface area contributed by atoms with Crippen molar-refractivity contribution in [1.29, 1.82) is 0 Å². The summed E-state index contributed by atoms with van der Waals surface area (Å²) in [6, 6.07) is 0. The standard InChI is InChI=1S/C9H8F3NO3S/c1-3-4(2)17-6(5(3)7(14)15)13-8(16)9(10,11)12/h1-2H3,(H,13,16)(H,14,15). The second-order valence-corrected chi connectivity index (χ2v) is 4.47. The van der Waals surface area contributed by atoms with Gasteiger partial charge in [-0.05, 0) is 19.4 Å². The van der Waals surface area contributed by atoms with Gasteiger partial charge in [0.1, 0.15) is 5.00 Å². The first-order valence-corrected chi connectivity index (χ1v) is 5.17. The highest BCUT2D eigenvalue weighted by Crippen LogP contribution is 2.33. The average Bonchev–Trinajstić information content (AvgIpc) is 2.40. The molecule has 0 aromatic carbocycles. The van der Waals surface area contributed by atoms with Crippen LogP contribution in [0.3, 0.4) is 0 Å². The van der Waals surface area contributed by atoms with Crippen molar-refractivity contribution in [3.8, 4) is 0 Å². The summed E-state index contributed by atoms with van der Waals surface area (Å²) in [6.45, 7) is 3.04. The van der Waals surface area contributed by atoms with E-state index < -0.39 is 18.1 Å². The molecule has 8 heteroatoms. The molecule has 0 aliphatic heterocycles. The van der Waals surface area contributed by atoms with Gasteiger partial charge in [0.05, 0.1) is 5.56 Å². The van der Waals surface area contributed by atoms with Gasteiger partial charge in [-0.3, -0.25) is 4.79 Å². The molecule has 1 rings (SSSR count). The SMILES string of the molecule is Cc1sc(NC(=O)C(F)(F)F)c(C(=O)O)c1C. The van der Waals surface area contributed by atoms with Crippen LogP contribution in [0.1, 0.15) is 20.8 Å². The van der Waals surface area contributed by atoms with Crippen molar-refractivity contribution in [3.63, 3.8) is 0 Å². The molecular formula is C9H8F3NO3S. The monoisotopic (exact) mass is 267 g/mol. The molecule has 94 valence electrons. The normalized spacial score (nSPS) is 11.4. The molecule has 4 nitrogen and oxygen atoms in total. The zero-order valence-electron chi connectivity index (χ0n) is 8.81. The molecule has 2 N–H and O–H groups in total. The third kappa shape index (κ3) is 2.76. The smallest absolute Gasteiger partial charge is 0.471 e. The molecule has 0 saturated heterocycles. The number of anilines is 1. The minimum absolute atomic E-state index is 0.296. The van der Waals surface area contributed by atoms with Gasteiger partial charge in [-0.2, -0.15) is 13.2 Å². The van der Waals surface area contributed by atoms with Crippen LogP contribution in [-0.2, 0) is 4.79 Å². The zero-order valence-corrected chi connectivity index (χ0v) is 9.62. The van der Waals surface area contributed by atoms with Crippen LogP contribution in [0.4, 0.5) is 18.2 Å². The summed E-state index contributed by atoms with van der Waals surface area (Å²) in [7, 11) is 0. The first kappa shape index (κ1) is 13.5. The molecule has 1 heterocycles. The topological polar surface area (TPSA) is 66.4 Å². The molecule has 0 atom stereocenters. The minimum Gasteiger partial charge on any atom is -0.478 e. The van der Waals surface area contributed by atoms with Gasteiger partial charge in [-0.25, -0.2) is 4.79 Å². The lowest BCUT2D eigenvalue weighted by atomic mass is 10.1. The van der Waals surface area contributed by atoms with Gasteiger partial charge in [-0.1, -0.05) is 0 Å². The number of carboxylic acids is 1. The number of aromatic carboxylic acids is 1. The first-order valence-electron chi connectivity index (χ1n) is 4.36. The van der Waals surface area contributed by atoms with Gasteiger partial charge in [0.25, 0.3) is 0 Å². The number of hydrogen-bond donors (Lipinski definition) is 2. The van der Waals surface area contributed by atoms with Crippen LogP contribution in [0.5, 0.6) is 0 Å². The molecule has 0 aliphatic rings. The fourth-order valence-electron chi connectivity index (χ4n) is 1.15. The number of carboxylic acid groups (broad SMARTS) is 1.